The van der Waals surface area contributed by atoms with Gasteiger partial charge in [0.25, 0.3) is 0 Å². The Morgan fingerprint density at radius 2 is 1.30 bits per heavy atom. The molecule has 0 N–H and O–H groups in total. The summed E-state index contributed by atoms with van der Waals surface area (Å²) in [4.78, 5) is 0. The van der Waals surface area contributed by atoms with Crippen molar-refractivity contribution in [3.8, 4) is 0 Å². The van der Waals surface area contributed by atoms with Gasteiger partial charge >= 0.3 is 0 Å². The summed E-state index contributed by atoms with van der Waals surface area (Å²) in [7, 11) is 0. The van der Waals surface area contributed by atoms with Gasteiger partial charge in [-0.05, 0) is 24.7 Å². The number of hydrogen-bond acceptors (Lipinski definition) is 0. The third kappa shape index (κ3) is 3.49. The maximum absolute atomic E-state index is 3.00. The maximum atomic E-state index is 3.00. The number of hydrogen-bond donors (Lipinski definition) is 0. The Labute approximate surface area is 64.6 Å². The van der Waals surface area contributed by atoms with Crippen LogP contribution in [0.1, 0.15) is 26.7 Å². The first-order valence-corrected chi connectivity index (χ1v) is 3.97. The van der Waals surface area contributed by atoms with Crippen molar-refractivity contribution in [2.45, 2.75) is 26.7 Å². The topological polar surface area (TPSA) is 0 Å². The summed E-state index contributed by atoms with van der Waals surface area (Å²) < 4.78 is 0. The highest BCUT2D eigenvalue weighted by atomic mass is 14.1. The van der Waals surface area contributed by atoms with Gasteiger partial charge < -0.3 is 0 Å². The molecule has 0 radical (unpaired) electrons. The summed E-state index contributed by atoms with van der Waals surface area (Å²) in [5.41, 5.74) is 0. The van der Waals surface area contributed by atoms with E-state index in [0.29, 0.717) is 0 Å². The molecule has 1 aliphatic rings. The molecule has 0 fully saturated rings. The van der Waals surface area contributed by atoms with E-state index >= 15 is 0 Å². The monoisotopic (exact) mass is 138 g/mol. The molecule has 0 bridgehead atoms. The predicted molar refractivity (Wildman–Crippen MR) is 48.0 cm³/mol. The quantitative estimate of drug-likeness (QED) is 0.450. The van der Waals surface area contributed by atoms with Gasteiger partial charge in [-0.3, -0.25) is 0 Å². The van der Waals surface area contributed by atoms with Gasteiger partial charge in [-0.15, -0.1) is 13.2 Å². The van der Waals surface area contributed by atoms with Crippen LogP contribution in [0.3, 0.4) is 0 Å². The second-order valence-electron chi connectivity index (χ2n) is 2.92. The zero-order chi connectivity index (χ0) is 7.98. The largest absolute Gasteiger partial charge is 0.106 e. The molecule has 0 saturated carbocycles. The average molecular weight is 138 g/mol. The first-order valence-electron chi connectivity index (χ1n) is 3.97. The summed E-state index contributed by atoms with van der Waals surface area (Å²) in [6.07, 6.45) is 7.43. The van der Waals surface area contributed by atoms with Gasteiger partial charge in [-0.25, -0.2) is 0 Å². The molecule has 0 aromatic heterocycles. The van der Waals surface area contributed by atoms with E-state index in [1.54, 1.807) is 0 Å². The molecule has 0 aromatic carbocycles. The Hall–Kier alpha value is -0.520. The molecule has 2 atom stereocenters. The van der Waals surface area contributed by atoms with E-state index < -0.39 is 0 Å². The summed E-state index contributed by atoms with van der Waals surface area (Å²) >= 11 is 0. The Morgan fingerprint density at radius 3 is 1.50 bits per heavy atom. The highest BCUT2D eigenvalue weighted by Gasteiger charge is 2.06. The highest BCUT2D eigenvalue weighted by Crippen LogP contribution is 2.20. The number of rotatable bonds is 0. The van der Waals surface area contributed by atoms with Crippen LogP contribution in [0.2, 0.25) is 0 Å². The standard InChI is InChI=1S/C8H14.C2H4/c1-7-3-5-8(2)6-4-7;1-2/h3,5,7-8H,4,6H2,1-2H3;1-2H2. The van der Waals surface area contributed by atoms with E-state index in [0.717, 1.165) is 11.8 Å². The van der Waals surface area contributed by atoms with Gasteiger partial charge in [0.1, 0.15) is 0 Å². The minimum Gasteiger partial charge on any atom is -0.106 e. The summed E-state index contributed by atoms with van der Waals surface area (Å²) in [6, 6.07) is 0. The van der Waals surface area contributed by atoms with Crippen LogP contribution in [0, 0.1) is 11.8 Å². The molecule has 1 rings (SSSR count). The molecular formula is C10H18. The van der Waals surface area contributed by atoms with E-state index in [9.17, 15) is 0 Å². The van der Waals surface area contributed by atoms with Crippen molar-refractivity contribution in [1.82, 2.24) is 0 Å². The first kappa shape index (κ1) is 9.48. The molecule has 0 heterocycles. The lowest BCUT2D eigenvalue weighted by atomic mass is 9.91. The minimum atomic E-state index is 0.839. The van der Waals surface area contributed by atoms with Gasteiger partial charge in [-0.1, -0.05) is 26.0 Å². The normalized spacial score (nSPS) is 30.6. The van der Waals surface area contributed by atoms with Crippen molar-refractivity contribution < 1.29 is 0 Å². The molecule has 0 heteroatoms. The molecule has 0 aliphatic heterocycles. The lowest BCUT2D eigenvalue weighted by Gasteiger charge is -2.15. The van der Waals surface area contributed by atoms with E-state index in [2.05, 4.69) is 39.2 Å². The maximum Gasteiger partial charge on any atom is -0.0262 e. The smallest absolute Gasteiger partial charge is 0.0262 e. The second kappa shape index (κ2) is 5.28. The van der Waals surface area contributed by atoms with Crippen molar-refractivity contribution in [3.05, 3.63) is 25.3 Å². The molecule has 58 valence electrons. The summed E-state index contributed by atoms with van der Waals surface area (Å²) in [5.74, 6) is 1.68. The van der Waals surface area contributed by atoms with Gasteiger partial charge in [0, 0.05) is 0 Å². The second-order valence-corrected chi connectivity index (χ2v) is 2.92. The van der Waals surface area contributed by atoms with Crippen LogP contribution in [0.15, 0.2) is 25.3 Å². The van der Waals surface area contributed by atoms with Crippen LogP contribution in [0.5, 0.6) is 0 Å². The molecule has 0 nitrogen and oxygen atoms in total. The van der Waals surface area contributed by atoms with Gasteiger partial charge in [-0.2, -0.15) is 0 Å². The predicted octanol–water partition coefficient (Wildman–Crippen LogP) is 3.41. The van der Waals surface area contributed by atoms with Crippen LogP contribution in [0.4, 0.5) is 0 Å². The summed E-state index contributed by atoms with van der Waals surface area (Å²) in [5, 5.41) is 0. The fourth-order valence-electron chi connectivity index (χ4n) is 1.10. The fraction of sp³-hybridized carbons (Fsp3) is 0.600. The van der Waals surface area contributed by atoms with Gasteiger partial charge in [0.2, 0.25) is 0 Å². The molecule has 2 unspecified atom stereocenters. The van der Waals surface area contributed by atoms with Crippen LogP contribution in [-0.2, 0) is 0 Å². The molecule has 1 aliphatic carbocycles. The minimum absolute atomic E-state index is 0.839. The third-order valence-electron chi connectivity index (χ3n) is 1.85. The third-order valence-corrected chi connectivity index (χ3v) is 1.85. The zero-order valence-electron chi connectivity index (χ0n) is 7.14. The molecule has 0 spiro atoms. The van der Waals surface area contributed by atoms with Crippen LogP contribution in [0.25, 0.3) is 0 Å². The highest BCUT2D eigenvalue weighted by molar-refractivity contribution is 4.94. The van der Waals surface area contributed by atoms with Crippen LogP contribution in [-0.4, -0.2) is 0 Å². The van der Waals surface area contributed by atoms with Crippen LogP contribution < -0.4 is 0 Å². The Balaban J connectivity index is 0.000000371. The average Bonchev–Trinajstić information content (AvgIpc) is 2.00. The lowest BCUT2D eigenvalue weighted by Crippen LogP contribution is -2.01. The number of allylic oxidation sites excluding steroid dienone is 2. The molecule has 10 heavy (non-hydrogen) atoms. The zero-order valence-corrected chi connectivity index (χ0v) is 7.14. The Morgan fingerprint density at radius 1 is 1.00 bits per heavy atom. The van der Waals surface area contributed by atoms with Crippen molar-refractivity contribution in [3.63, 3.8) is 0 Å². The fourth-order valence-corrected chi connectivity index (χ4v) is 1.10. The van der Waals surface area contributed by atoms with Crippen molar-refractivity contribution in [2.75, 3.05) is 0 Å². The molecular weight excluding hydrogens is 120 g/mol. The Bertz CT molecular complexity index is 90.6. The molecule has 0 aromatic rings. The van der Waals surface area contributed by atoms with E-state index in [1.807, 2.05) is 0 Å². The van der Waals surface area contributed by atoms with Crippen molar-refractivity contribution in [1.29, 1.82) is 0 Å². The first-order chi connectivity index (χ1) is 4.79. The Kier molecular flexibility index (Phi) is 5.00. The van der Waals surface area contributed by atoms with Gasteiger partial charge in [0.05, 0.1) is 0 Å². The van der Waals surface area contributed by atoms with Crippen LogP contribution >= 0.6 is 0 Å². The van der Waals surface area contributed by atoms with E-state index in [1.165, 1.54) is 12.8 Å². The molecule has 0 amide bonds. The van der Waals surface area contributed by atoms with Crippen molar-refractivity contribution in [2.24, 2.45) is 11.8 Å². The molecule has 0 saturated heterocycles. The van der Waals surface area contributed by atoms with E-state index in [-0.39, 0.29) is 0 Å². The summed E-state index contributed by atoms with van der Waals surface area (Å²) in [6.45, 7) is 10.6. The van der Waals surface area contributed by atoms with E-state index in [4.69, 9.17) is 0 Å². The van der Waals surface area contributed by atoms with Crippen molar-refractivity contribution >= 4 is 0 Å². The SMILES string of the molecule is C=C.CC1C=CC(C)CC1. The van der Waals surface area contributed by atoms with Gasteiger partial charge in [0.15, 0.2) is 0 Å². The lowest BCUT2D eigenvalue weighted by molar-refractivity contribution is 0.502.